The number of primary amides is 1. The standard InChI is InChI=1S/C17H17ClN3O2S/c1-10-20-14(15(24-10)11-6-2-3-7-12(11)18)17(23)21-9-5-4-8-13(21)16(19)22/h2-3,6-8,13H,4-5,9H2,1H3,(H2,19,22). The van der Waals surface area contributed by atoms with Crippen LogP contribution in [0, 0.1) is 13.3 Å². The first-order valence-electron chi connectivity index (χ1n) is 7.65. The third-order valence-electron chi connectivity index (χ3n) is 3.94. The molecule has 125 valence electrons. The molecule has 1 aliphatic rings. The van der Waals surface area contributed by atoms with E-state index in [0.717, 1.165) is 28.3 Å². The van der Waals surface area contributed by atoms with Crippen molar-refractivity contribution in [3.05, 3.63) is 46.4 Å². The first kappa shape index (κ1) is 16.9. The minimum absolute atomic E-state index is 0.283. The Morgan fingerprint density at radius 3 is 2.83 bits per heavy atom. The van der Waals surface area contributed by atoms with Gasteiger partial charge in [0.15, 0.2) is 0 Å². The minimum atomic E-state index is -0.688. The van der Waals surface area contributed by atoms with Gasteiger partial charge < -0.3 is 10.6 Å². The molecule has 2 N–H and O–H groups in total. The van der Waals surface area contributed by atoms with Crippen LogP contribution in [0.2, 0.25) is 5.02 Å². The molecule has 0 aliphatic carbocycles. The maximum absolute atomic E-state index is 13.0. The van der Waals surface area contributed by atoms with Gasteiger partial charge in [0, 0.05) is 17.1 Å². The molecule has 1 radical (unpaired) electrons. The Bertz CT molecular complexity index is 790. The van der Waals surface area contributed by atoms with Crippen LogP contribution >= 0.6 is 22.9 Å². The predicted molar refractivity (Wildman–Crippen MR) is 94.8 cm³/mol. The summed E-state index contributed by atoms with van der Waals surface area (Å²) in [5.74, 6) is -0.802. The van der Waals surface area contributed by atoms with Crippen LogP contribution in [-0.2, 0) is 4.79 Å². The van der Waals surface area contributed by atoms with Crippen LogP contribution < -0.4 is 5.73 Å². The number of rotatable bonds is 3. The van der Waals surface area contributed by atoms with Gasteiger partial charge in [-0.3, -0.25) is 9.59 Å². The molecule has 7 heteroatoms. The van der Waals surface area contributed by atoms with Crippen LogP contribution in [0.25, 0.3) is 10.4 Å². The van der Waals surface area contributed by atoms with Crippen molar-refractivity contribution >= 4 is 34.8 Å². The Morgan fingerprint density at radius 1 is 1.38 bits per heavy atom. The second-order valence-corrected chi connectivity index (χ2v) is 7.22. The fourth-order valence-electron chi connectivity index (χ4n) is 2.84. The van der Waals surface area contributed by atoms with Crippen molar-refractivity contribution in [2.45, 2.75) is 25.8 Å². The Morgan fingerprint density at radius 2 is 2.12 bits per heavy atom. The highest BCUT2D eigenvalue weighted by molar-refractivity contribution is 7.15. The van der Waals surface area contributed by atoms with Crippen LogP contribution in [0.1, 0.15) is 28.3 Å². The lowest BCUT2D eigenvalue weighted by molar-refractivity contribution is -0.121. The van der Waals surface area contributed by atoms with E-state index in [0.29, 0.717) is 17.3 Å². The number of aryl methyl sites for hydroxylation is 1. The van der Waals surface area contributed by atoms with Crippen molar-refractivity contribution in [1.82, 2.24) is 9.88 Å². The van der Waals surface area contributed by atoms with Gasteiger partial charge in [0.1, 0.15) is 11.7 Å². The number of nitrogens with zero attached hydrogens (tertiary/aromatic N) is 2. The predicted octanol–water partition coefficient (Wildman–Crippen LogP) is 3.07. The van der Waals surface area contributed by atoms with Gasteiger partial charge in [0.2, 0.25) is 5.91 Å². The summed E-state index contributed by atoms with van der Waals surface area (Å²) in [6, 6.07) is 6.66. The van der Waals surface area contributed by atoms with Crippen molar-refractivity contribution in [2.24, 2.45) is 5.73 Å². The SMILES string of the molecule is Cc1nc(C(=O)N2CCC[CH]C2C(N)=O)c(-c2ccccc2Cl)s1. The van der Waals surface area contributed by atoms with Crippen molar-refractivity contribution in [3.8, 4) is 10.4 Å². The number of halogens is 1. The number of hydrogen-bond acceptors (Lipinski definition) is 4. The number of carbonyl (C=O) groups excluding carboxylic acids is 2. The molecule has 0 bridgehead atoms. The molecule has 1 aliphatic heterocycles. The Hall–Kier alpha value is -1.92. The summed E-state index contributed by atoms with van der Waals surface area (Å²) >= 11 is 7.70. The largest absolute Gasteiger partial charge is 0.368 e. The lowest BCUT2D eigenvalue weighted by atomic mass is 10.0. The molecule has 3 rings (SSSR count). The third-order valence-corrected chi connectivity index (χ3v) is 5.27. The Balaban J connectivity index is 2.02. The Labute approximate surface area is 149 Å². The second kappa shape index (κ2) is 6.91. The molecule has 5 nitrogen and oxygen atoms in total. The zero-order chi connectivity index (χ0) is 17.3. The number of aromatic nitrogens is 1. The number of amides is 2. The average Bonchev–Trinajstić information content (AvgIpc) is 2.96. The monoisotopic (exact) mass is 362 g/mol. The number of hydrogen-bond donors (Lipinski definition) is 1. The van der Waals surface area contributed by atoms with Gasteiger partial charge in [-0.05, 0) is 32.3 Å². The summed E-state index contributed by atoms with van der Waals surface area (Å²) < 4.78 is 0. The van der Waals surface area contributed by atoms with Gasteiger partial charge in [0.25, 0.3) is 5.91 Å². The highest BCUT2D eigenvalue weighted by Crippen LogP contribution is 2.36. The number of likely N-dealkylation sites (tertiary alicyclic amines) is 1. The molecule has 1 saturated heterocycles. The van der Waals surface area contributed by atoms with E-state index in [2.05, 4.69) is 4.98 Å². The molecule has 0 spiro atoms. The van der Waals surface area contributed by atoms with Crippen molar-refractivity contribution in [3.63, 3.8) is 0 Å². The first-order valence-corrected chi connectivity index (χ1v) is 8.84. The van der Waals surface area contributed by atoms with Crippen LogP contribution in [-0.4, -0.2) is 34.3 Å². The van der Waals surface area contributed by atoms with Crippen LogP contribution in [0.4, 0.5) is 0 Å². The van der Waals surface area contributed by atoms with Crippen molar-refractivity contribution in [1.29, 1.82) is 0 Å². The highest BCUT2D eigenvalue weighted by atomic mass is 35.5. The molecule has 1 unspecified atom stereocenters. The van der Waals surface area contributed by atoms with E-state index in [1.165, 1.54) is 16.2 Å². The van der Waals surface area contributed by atoms with Crippen LogP contribution in [0.15, 0.2) is 24.3 Å². The topological polar surface area (TPSA) is 76.3 Å². The molecule has 0 saturated carbocycles. The quantitative estimate of drug-likeness (QED) is 0.911. The number of thiazole rings is 1. The molecule has 2 aromatic rings. The lowest BCUT2D eigenvalue weighted by Crippen LogP contribution is -2.51. The van der Waals surface area contributed by atoms with E-state index in [-0.39, 0.29) is 5.91 Å². The van der Waals surface area contributed by atoms with Gasteiger partial charge in [-0.15, -0.1) is 11.3 Å². The van der Waals surface area contributed by atoms with E-state index >= 15 is 0 Å². The summed E-state index contributed by atoms with van der Waals surface area (Å²) in [5.41, 5.74) is 6.54. The van der Waals surface area contributed by atoms with Crippen molar-refractivity contribution < 1.29 is 9.59 Å². The summed E-state index contributed by atoms with van der Waals surface area (Å²) in [5, 5.41) is 1.33. The smallest absolute Gasteiger partial charge is 0.274 e. The first-order chi connectivity index (χ1) is 11.5. The summed E-state index contributed by atoms with van der Waals surface area (Å²) in [4.78, 5) is 31.3. The maximum atomic E-state index is 13.0. The fourth-order valence-corrected chi connectivity index (χ4v) is 4.07. The van der Waals surface area contributed by atoms with Gasteiger partial charge in [0.05, 0.1) is 9.88 Å². The van der Waals surface area contributed by atoms with Crippen molar-refractivity contribution in [2.75, 3.05) is 6.54 Å². The zero-order valence-corrected chi connectivity index (χ0v) is 14.7. The summed E-state index contributed by atoms with van der Waals surface area (Å²) in [7, 11) is 0. The maximum Gasteiger partial charge on any atom is 0.274 e. The number of piperidine rings is 1. The molecular formula is C17H17ClN3O2S. The van der Waals surface area contributed by atoms with Gasteiger partial charge in [-0.1, -0.05) is 29.8 Å². The number of nitrogens with two attached hydrogens (primary N) is 1. The van der Waals surface area contributed by atoms with E-state index in [9.17, 15) is 9.59 Å². The van der Waals surface area contributed by atoms with Gasteiger partial charge >= 0.3 is 0 Å². The molecule has 2 amide bonds. The number of carbonyl (C=O) groups is 2. The molecule has 1 aromatic carbocycles. The minimum Gasteiger partial charge on any atom is -0.368 e. The van der Waals surface area contributed by atoms with E-state index in [1.54, 1.807) is 12.5 Å². The van der Waals surface area contributed by atoms with E-state index in [4.69, 9.17) is 17.3 Å². The zero-order valence-electron chi connectivity index (χ0n) is 13.2. The fraction of sp³-hybridized carbons (Fsp3) is 0.294. The highest BCUT2D eigenvalue weighted by Gasteiger charge is 2.34. The second-order valence-electron chi connectivity index (χ2n) is 5.61. The van der Waals surface area contributed by atoms with E-state index < -0.39 is 11.9 Å². The molecule has 24 heavy (non-hydrogen) atoms. The molecule has 1 atom stereocenters. The van der Waals surface area contributed by atoms with Crippen LogP contribution in [0.5, 0.6) is 0 Å². The Kier molecular flexibility index (Phi) is 4.87. The normalized spacial score (nSPS) is 17.8. The van der Waals surface area contributed by atoms with E-state index in [1.807, 2.05) is 25.1 Å². The van der Waals surface area contributed by atoms with Crippen LogP contribution in [0.3, 0.4) is 0 Å². The van der Waals surface area contributed by atoms with Gasteiger partial charge in [-0.25, -0.2) is 4.98 Å². The number of benzene rings is 1. The third kappa shape index (κ3) is 3.16. The van der Waals surface area contributed by atoms with Gasteiger partial charge in [-0.2, -0.15) is 0 Å². The summed E-state index contributed by atoms with van der Waals surface area (Å²) in [6.07, 6.45) is 3.36. The molecular weight excluding hydrogens is 346 g/mol. The molecule has 2 heterocycles. The molecule has 1 aromatic heterocycles. The molecule has 1 fully saturated rings. The lowest BCUT2D eigenvalue weighted by Gasteiger charge is -2.33. The summed E-state index contributed by atoms with van der Waals surface area (Å²) in [6.45, 7) is 2.33. The average molecular weight is 363 g/mol.